The van der Waals surface area contributed by atoms with Crippen molar-refractivity contribution in [2.45, 2.75) is 6.04 Å². The molecule has 0 unspecified atom stereocenters. The van der Waals surface area contributed by atoms with E-state index < -0.39 is 6.04 Å². The summed E-state index contributed by atoms with van der Waals surface area (Å²) in [7, 11) is 1.36. The average Bonchev–Trinajstić information content (AvgIpc) is 2.50. The molecule has 0 heterocycles. The van der Waals surface area contributed by atoms with Crippen LogP contribution in [0.3, 0.4) is 0 Å². The highest BCUT2D eigenvalue weighted by Crippen LogP contribution is 2.19. The summed E-state index contributed by atoms with van der Waals surface area (Å²) in [6.07, 6.45) is 1.64. The molecule has 4 heteroatoms. The summed E-state index contributed by atoms with van der Waals surface area (Å²) >= 11 is 5.82. The summed E-state index contributed by atoms with van der Waals surface area (Å²) in [5, 5.41) is 0.662. The second-order valence-electron chi connectivity index (χ2n) is 4.17. The van der Waals surface area contributed by atoms with Crippen LogP contribution < -0.4 is 0 Å². The van der Waals surface area contributed by atoms with Gasteiger partial charge in [-0.1, -0.05) is 54.1 Å². The van der Waals surface area contributed by atoms with Gasteiger partial charge in [0.15, 0.2) is 6.04 Å². The number of rotatable bonds is 4. The van der Waals surface area contributed by atoms with E-state index in [1.54, 1.807) is 18.3 Å². The number of hydrogen-bond donors (Lipinski definition) is 0. The second kappa shape index (κ2) is 6.87. The predicted molar refractivity (Wildman–Crippen MR) is 80.2 cm³/mol. The van der Waals surface area contributed by atoms with Crippen LogP contribution in [-0.2, 0) is 9.53 Å². The molecule has 2 aromatic carbocycles. The van der Waals surface area contributed by atoms with Crippen molar-refractivity contribution in [2.75, 3.05) is 7.11 Å². The van der Waals surface area contributed by atoms with Crippen molar-refractivity contribution in [3.8, 4) is 0 Å². The third-order valence-electron chi connectivity index (χ3n) is 2.78. The predicted octanol–water partition coefficient (Wildman–Crippen LogP) is 3.67. The normalized spacial score (nSPS) is 12.3. The van der Waals surface area contributed by atoms with E-state index in [1.165, 1.54) is 7.11 Å². The molecule has 0 aliphatic heterocycles. The van der Waals surface area contributed by atoms with E-state index in [9.17, 15) is 4.79 Å². The molecule has 0 spiro atoms. The van der Waals surface area contributed by atoms with E-state index in [0.717, 1.165) is 11.1 Å². The van der Waals surface area contributed by atoms with Crippen LogP contribution in [0.2, 0.25) is 5.02 Å². The maximum Gasteiger partial charge on any atom is 0.335 e. The number of methoxy groups -OCH3 is 1. The zero-order valence-electron chi connectivity index (χ0n) is 11.0. The Balaban J connectivity index is 2.24. The van der Waals surface area contributed by atoms with Gasteiger partial charge in [-0.25, -0.2) is 4.79 Å². The first-order chi connectivity index (χ1) is 9.70. The van der Waals surface area contributed by atoms with Crippen molar-refractivity contribution < 1.29 is 9.53 Å². The molecule has 0 fully saturated rings. The Bertz CT molecular complexity index is 594. The van der Waals surface area contributed by atoms with Crippen LogP contribution in [0.5, 0.6) is 0 Å². The Morgan fingerprint density at radius 1 is 1.15 bits per heavy atom. The molecule has 3 nitrogen and oxygen atoms in total. The first-order valence-corrected chi connectivity index (χ1v) is 6.50. The lowest BCUT2D eigenvalue weighted by Gasteiger charge is -2.10. The van der Waals surface area contributed by atoms with Gasteiger partial charge in [0.2, 0.25) is 0 Å². The summed E-state index contributed by atoms with van der Waals surface area (Å²) < 4.78 is 4.80. The molecule has 0 saturated carbocycles. The number of carbonyl (C=O) groups is 1. The fourth-order valence-corrected chi connectivity index (χ4v) is 1.87. The smallest absolute Gasteiger partial charge is 0.335 e. The fraction of sp³-hybridized carbons (Fsp3) is 0.125. The molecule has 102 valence electrons. The van der Waals surface area contributed by atoms with E-state index in [0.29, 0.717) is 5.02 Å². The number of halogens is 1. The Kier molecular flexibility index (Phi) is 4.91. The summed E-state index contributed by atoms with van der Waals surface area (Å²) in [4.78, 5) is 16.2. The Morgan fingerprint density at radius 2 is 1.80 bits per heavy atom. The Hall–Kier alpha value is -2.13. The van der Waals surface area contributed by atoms with Gasteiger partial charge in [0.25, 0.3) is 0 Å². The first-order valence-electron chi connectivity index (χ1n) is 6.12. The third-order valence-corrected chi connectivity index (χ3v) is 3.03. The van der Waals surface area contributed by atoms with Gasteiger partial charge >= 0.3 is 5.97 Å². The zero-order chi connectivity index (χ0) is 14.4. The molecular weight excluding hydrogens is 274 g/mol. The highest BCUT2D eigenvalue weighted by molar-refractivity contribution is 6.30. The van der Waals surface area contributed by atoms with Crippen molar-refractivity contribution in [1.29, 1.82) is 0 Å². The van der Waals surface area contributed by atoms with E-state index in [1.807, 2.05) is 42.5 Å². The van der Waals surface area contributed by atoms with Gasteiger partial charge in [0.1, 0.15) is 0 Å². The maximum absolute atomic E-state index is 11.8. The molecule has 0 bridgehead atoms. The SMILES string of the molecule is COC(=O)[C@H](N=Cc1ccc(Cl)cc1)c1ccccc1. The lowest BCUT2D eigenvalue weighted by Crippen LogP contribution is -2.12. The Labute approximate surface area is 122 Å². The van der Waals surface area contributed by atoms with E-state index in [4.69, 9.17) is 16.3 Å². The molecule has 0 N–H and O–H groups in total. The molecule has 2 aromatic rings. The van der Waals surface area contributed by atoms with Crippen LogP contribution in [0.1, 0.15) is 17.2 Å². The molecule has 0 radical (unpaired) electrons. The third kappa shape index (κ3) is 3.68. The molecule has 1 atom stereocenters. The van der Waals surface area contributed by atoms with E-state index in [-0.39, 0.29) is 5.97 Å². The van der Waals surface area contributed by atoms with Crippen molar-refractivity contribution in [3.05, 3.63) is 70.7 Å². The summed E-state index contributed by atoms with van der Waals surface area (Å²) in [5.74, 6) is -0.388. The first kappa shape index (κ1) is 14.3. The number of benzene rings is 2. The van der Waals surface area contributed by atoms with E-state index >= 15 is 0 Å². The monoisotopic (exact) mass is 287 g/mol. The zero-order valence-corrected chi connectivity index (χ0v) is 11.7. The second-order valence-corrected chi connectivity index (χ2v) is 4.60. The van der Waals surface area contributed by atoms with Crippen molar-refractivity contribution in [3.63, 3.8) is 0 Å². The van der Waals surface area contributed by atoms with Crippen molar-refractivity contribution in [2.24, 2.45) is 4.99 Å². The number of hydrogen-bond acceptors (Lipinski definition) is 3. The van der Waals surface area contributed by atoms with Gasteiger partial charge in [-0.15, -0.1) is 0 Å². The van der Waals surface area contributed by atoms with Crippen LogP contribution in [0.15, 0.2) is 59.6 Å². The molecule has 0 amide bonds. The van der Waals surface area contributed by atoms with Crippen LogP contribution in [0.25, 0.3) is 0 Å². The van der Waals surface area contributed by atoms with Gasteiger partial charge in [-0.3, -0.25) is 4.99 Å². The Morgan fingerprint density at radius 3 is 2.40 bits per heavy atom. The average molecular weight is 288 g/mol. The van der Waals surface area contributed by atoms with Crippen molar-refractivity contribution >= 4 is 23.8 Å². The van der Waals surface area contributed by atoms with Crippen molar-refractivity contribution in [1.82, 2.24) is 0 Å². The molecule has 0 aliphatic carbocycles. The lowest BCUT2D eigenvalue weighted by atomic mass is 10.1. The standard InChI is InChI=1S/C16H14ClNO2/c1-20-16(19)15(13-5-3-2-4-6-13)18-11-12-7-9-14(17)10-8-12/h2-11,15H,1H3/t15-/m1/s1. The summed E-state index contributed by atoms with van der Waals surface area (Å²) in [6.45, 7) is 0. The number of esters is 1. The molecule has 0 aromatic heterocycles. The minimum absolute atomic E-state index is 0.388. The van der Waals surface area contributed by atoms with Crippen LogP contribution in [0, 0.1) is 0 Å². The minimum Gasteiger partial charge on any atom is -0.467 e. The number of carbonyl (C=O) groups excluding carboxylic acids is 1. The molecule has 0 aliphatic rings. The van der Waals surface area contributed by atoms with E-state index in [2.05, 4.69) is 4.99 Å². The number of nitrogens with zero attached hydrogens (tertiary/aromatic N) is 1. The molecule has 0 saturated heterocycles. The highest BCUT2D eigenvalue weighted by Gasteiger charge is 2.19. The maximum atomic E-state index is 11.8. The number of ether oxygens (including phenoxy) is 1. The van der Waals surface area contributed by atoms with Crippen LogP contribution in [0.4, 0.5) is 0 Å². The lowest BCUT2D eigenvalue weighted by molar-refractivity contribution is -0.142. The van der Waals surface area contributed by atoms with Gasteiger partial charge < -0.3 is 4.74 Å². The fourth-order valence-electron chi connectivity index (χ4n) is 1.74. The number of aliphatic imine (C=N–C) groups is 1. The van der Waals surface area contributed by atoms with Gasteiger partial charge in [0, 0.05) is 11.2 Å². The van der Waals surface area contributed by atoms with Crippen LogP contribution in [-0.4, -0.2) is 19.3 Å². The minimum atomic E-state index is -0.656. The summed E-state index contributed by atoms with van der Waals surface area (Å²) in [5.41, 5.74) is 1.67. The molecule has 2 rings (SSSR count). The highest BCUT2D eigenvalue weighted by atomic mass is 35.5. The molecular formula is C16H14ClNO2. The van der Waals surface area contributed by atoms with Gasteiger partial charge in [-0.05, 0) is 23.3 Å². The molecule has 20 heavy (non-hydrogen) atoms. The van der Waals surface area contributed by atoms with Crippen LogP contribution >= 0.6 is 11.6 Å². The summed E-state index contributed by atoms with van der Waals surface area (Å²) in [6, 6.07) is 15.9. The quantitative estimate of drug-likeness (QED) is 0.636. The van der Waals surface area contributed by atoms with Gasteiger partial charge in [0.05, 0.1) is 7.11 Å². The topological polar surface area (TPSA) is 38.7 Å². The largest absolute Gasteiger partial charge is 0.467 e. The van der Waals surface area contributed by atoms with Gasteiger partial charge in [-0.2, -0.15) is 0 Å².